The van der Waals surface area contributed by atoms with E-state index in [1.165, 1.54) is 6.42 Å². The molecule has 1 aliphatic carbocycles. The molecule has 6 heteroatoms. The summed E-state index contributed by atoms with van der Waals surface area (Å²) in [5.74, 6) is 0.974. The molecular weight excluding hydrogens is 354 g/mol. The van der Waals surface area contributed by atoms with Gasteiger partial charge in [0.15, 0.2) is 0 Å². The van der Waals surface area contributed by atoms with E-state index < -0.39 is 11.6 Å². The lowest BCUT2D eigenvalue weighted by molar-refractivity contribution is -0.125. The Kier molecular flexibility index (Phi) is 5.02. The number of nitrogens with one attached hydrogen (secondary N) is 2. The summed E-state index contributed by atoms with van der Waals surface area (Å²) < 4.78 is 5.36. The molecule has 1 aliphatic heterocycles. The fraction of sp³-hybridized carbons (Fsp3) is 0.545. The second-order valence-corrected chi connectivity index (χ2v) is 8.29. The van der Waals surface area contributed by atoms with E-state index >= 15 is 0 Å². The van der Waals surface area contributed by atoms with Crippen LogP contribution in [0.15, 0.2) is 22.7 Å². The van der Waals surface area contributed by atoms with Crippen molar-refractivity contribution in [3.05, 3.63) is 35.2 Å². The van der Waals surface area contributed by atoms with Crippen molar-refractivity contribution >= 4 is 11.6 Å². The smallest absolute Gasteiger partial charge is 0.249 e. The number of aliphatic hydroxyl groups excluding tert-OH is 1. The molecule has 1 amide bonds. The molecule has 28 heavy (non-hydrogen) atoms. The molecule has 1 saturated carbocycles. The van der Waals surface area contributed by atoms with Gasteiger partial charge in [-0.25, -0.2) is 0 Å². The van der Waals surface area contributed by atoms with E-state index in [-0.39, 0.29) is 11.8 Å². The highest BCUT2D eigenvalue weighted by molar-refractivity contribution is 6.06. The number of carbonyl (C=O) groups excluding carboxylic acids is 1. The highest BCUT2D eigenvalue weighted by Gasteiger charge is 2.52. The Balaban J connectivity index is 1.84. The number of amides is 1. The van der Waals surface area contributed by atoms with Gasteiger partial charge in [0.25, 0.3) is 0 Å². The van der Waals surface area contributed by atoms with Crippen LogP contribution in [-0.2, 0) is 10.3 Å². The lowest BCUT2D eigenvalue weighted by atomic mass is 9.71. The third-order valence-electron chi connectivity index (χ3n) is 6.27. The summed E-state index contributed by atoms with van der Waals surface area (Å²) in [4.78, 5) is 13.3. The molecule has 0 spiro atoms. The Bertz CT molecular complexity index is 864. The van der Waals surface area contributed by atoms with Gasteiger partial charge < -0.3 is 14.9 Å². The van der Waals surface area contributed by atoms with Gasteiger partial charge in [-0.1, -0.05) is 30.5 Å². The summed E-state index contributed by atoms with van der Waals surface area (Å²) in [6.45, 7) is 5.96. The molecule has 2 heterocycles. The van der Waals surface area contributed by atoms with Gasteiger partial charge in [0.05, 0.1) is 11.8 Å². The van der Waals surface area contributed by atoms with Gasteiger partial charge in [0.2, 0.25) is 5.91 Å². The molecule has 1 aromatic carbocycles. The number of aromatic nitrogens is 1. The van der Waals surface area contributed by atoms with E-state index in [4.69, 9.17) is 4.52 Å². The van der Waals surface area contributed by atoms with Crippen molar-refractivity contribution in [2.24, 2.45) is 5.92 Å². The summed E-state index contributed by atoms with van der Waals surface area (Å²) in [6, 6.07) is 6.09. The average molecular weight is 383 g/mol. The van der Waals surface area contributed by atoms with Crippen molar-refractivity contribution in [1.29, 1.82) is 0 Å². The number of aryl methyl sites for hydroxylation is 2. The van der Waals surface area contributed by atoms with Gasteiger partial charge in [-0.2, -0.15) is 0 Å². The maximum absolute atomic E-state index is 13.3. The Morgan fingerprint density at radius 2 is 2.07 bits per heavy atom. The quantitative estimate of drug-likeness (QED) is 0.733. The number of hydrogen-bond donors (Lipinski definition) is 3. The molecule has 4 rings (SSSR count). The minimum atomic E-state index is -0.804. The van der Waals surface area contributed by atoms with Gasteiger partial charge in [-0.05, 0) is 57.2 Å². The molecular formula is C22H29N3O3. The van der Waals surface area contributed by atoms with Gasteiger partial charge >= 0.3 is 0 Å². The van der Waals surface area contributed by atoms with E-state index in [1.807, 2.05) is 26.0 Å². The summed E-state index contributed by atoms with van der Waals surface area (Å²) in [5.41, 5.74) is 3.85. The third kappa shape index (κ3) is 3.05. The predicted octanol–water partition coefficient (Wildman–Crippen LogP) is 3.66. The van der Waals surface area contributed by atoms with Crippen LogP contribution in [0.25, 0.3) is 11.1 Å². The molecule has 0 saturated heterocycles. The standard InChI is InChI=1S/C22H29N3O3/c1-13(26)12-23-22(17-7-5-4-6-8-17)18-11-16(9-10-19(18)24-21(22)27)20-14(2)25-28-15(20)3/h9-11,13,17,23,26H,4-8,12H2,1-3H3,(H,24,27)/t13-,22?/m1/s1. The molecule has 0 bridgehead atoms. The molecule has 3 N–H and O–H groups in total. The lowest BCUT2D eigenvalue weighted by Crippen LogP contribution is -2.55. The predicted molar refractivity (Wildman–Crippen MR) is 108 cm³/mol. The fourth-order valence-electron chi connectivity index (χ4n) is 4.94. The number of anilines is 1. The van der Waals surface area contributed by atoms with Gasteiger partial charge in [0, 0.05) is 23.4 Å². The number of rotatable bonds is 5. The maximum Gasteiger partial charge on any atom is 0.249 e. The highest BCUT2D eigenvalue weighted by Crippen LogP contribution is 2.47. The Hall–Kier alpha value is -2.18. The number of carbonyl (C=O) groups is 1. The normalized spacial score (nSPS) is 23.5. The van der Waals surface area contributed by atoms with Crippen LogP contribution >= 0.6 is 0 Å². The zero-order chi connectivity index (χ0) is 19.9. The van der Waals surface area contributed by atoms with Crippen LogP contribution in [0.5, 0.6) is 0 Å². The highest BCUT2D eigenvalue weighted by atomic mass is 16.5. The number of fused-ring (bicyclic) bond motifs is 1. The first kappa shape index (κ1) is 19.2. The van der Waals surface area contributed by atoms with Crippen LogP contribution < -0.4 is 10.6 Å². The second kappa shape index (κ2) is 7.33. The maximum atomic E-state index is 13.3. The van der Waals surface area contributed by atoms with Crippen molar-refractivity contribution in [1.82, 2.24) is 10.5 Å². The van der Waals surface area contributed by atoms with Crippen LogP contribution in [0.4, 0.5) is 5.69 Å². The Morgan fingerprint density at radius 3 is 2.71 bits per heavy atom. The van der Waals surface area contributed by atoms with Crippen molar-refractivity contribution in [2.75, 3.05) is 11.9 Å². The third-order valence-corrected chi connectivity index (χ3v) is 6.27. The molecule has 2 aromatic rings. The van der Waals surface area contributed by atoms with Crippen LogP contribution in [-0.4, -0.2) is 28.8 Å². The summed E-state index contributed by atoms with van der Waals surface area (Å²) in [6.07, 6.45) is 4.98. The Labute approximate surface area is 165 Å². The van der Waals surface area contributed by atoms with E-state index in [1.54, 1.807) is 6.92 Å². The van der Waals surface area contributed by atoms with Crippen molar-refractivity contribution in [3.63, 3.8) is 0 Å². The average Bonchev–Trinajstić information content (AvgIpc) is 3.16. The van der Waals surface area contributed by atoms with Gasteiger partial charge in [-0.3, -0.25) is 10.1 Å². The van der Waals surface area contributed by atoms with Crippen molar-refractivity contribution in [2.45, 2.75) is 64.5 Å². The largest absolute Gasteiger partial charge is 0.392 e. The van der Waals surface area contributed by atoms with E-state index in [0.29, 0.717) is 6.54 Å². The molecule has 2 atom stereocenters. The molecule has 1 unspecified atom stereocenters. The van der Waals surface area contributed by atoms with Gasteiger partial charge in [0.1, 0.15) is 11.3 Å². The van der Waals surface area contributed by atoms with Crippen LogP contribution in [0, 0.1) is 19.8 Å². The zero-order valence-corrected chi connectivity index (χ0v) is 16.8. The minimum absolute atomic E-state index is 0.00837. The summed E-state index contributed by atoms with van der Waals surface area (Å²) >= 11 is 0. The first-order valence-corrected chi connectivity index (χ1v) is 10.3. The summed E-state index contributed by atoms with van der Waals surface area (Å²) in [5, 5.41) is 20.6. The Morgan fingerprint density at radius 1 is 1.32 bits per heavy atom. The molecule has 0 radical (unpaired) electrons. The van der Waals surface area contributed by atoms with Crippen LogP contribution in [0.1, 0.15) is 56.0 Å². The number of nitrogens with zero attached hydrogens (tertiary/aromatic N) is 1. The molecule has 6 nitrogen and oxygen atoms in total. The van der Waals surface area contributed by atoms with E-state index in [0.717, 1.165) is 59.5 Å². The van der Waals surface area contributed by atoms with E-state index in [9.17, 15) is 9.90 Å². The molecule has 2 aliphatic rings. The zero-order valence-electron chi connectivity index (χ0n) is 16.8. The molecule has 1 aromatic heterocycles. The van der Waals surface area contributed by atoms with Gasteiger partial charge in [-0.15, -0.1) is 0 Å². The number of aliphatic hydroxyl groups is 1. The van der Waals surface area contributed by atoms with Crippen LogP contribution in [0.2, 0.25) is 0 Å². The summed E-state index contributed by atoms with van der Waals surface area (Å²) in [7, 11) is 0. The minimum Gasteiger partial charge on any atom is -0.392 e. The van der Waals surface area contributed by atoms with Crippen molar-refractivity contribution in [3.8, 4) is 11.1 Å². The molecule has 1 fully saturated rings. The first-order chi connectivity index (χ1) is 13.4. The lowest BCUT2D eigenvalue weighted by Gasteiger charge is -2.39. The monoisotopic (exact) mass is 383 g/mol. The topological polar surface area (TPSA) is 87.4 Å². The van der Waals surface area contributed by atoms with Crippen LogP contribution in [0.3, 0.4) is 0 Å². The molecule has 150 valence electrons. The fourth-order valence-corrected chi connectivity index (χ4v) is 4.94. The van der Waals surface area contributed by atoms with Crippen molar-refractivity contribution < 1.29 is 14.4 Å². The number of benzene rings is 1. The number of hydrogen-bond acceptors (Lipinski definition) is 5. The second-order valence-electron chi connectivity index (χ2n) is 8.29. The first-order valence-electron chi connectivity index (χ1n) is 10.3. The SMILES string of the molecule is Cc1noc(C)c1-c1ccc2c(c1)C(NC[C@@H](C)O)(C1CCCCC1)C(=O)N2. The van der Waals surface area contributed by atoms with E-state index in [2.05, 4.69) is 21.9 Å².